The predicted molar refractivity (Wildman–Crippen MR) is 72.3 cm³/mol. The normalized spacial score (nSPS) is 11.3. The summed E-state index contributed by atoms with van der Waals surface area (Å²) in [6.45, 7) is 7.38. The molecular weight excluding hydrogens is 228 g/mol. The average molecular weight is 250 g/mol. The van der Waals surface area contributed by atoms with E-state index in [1.807, 2.05) is 0 Å². The lowest BCUT2D eigenvalue weighted by atomic mass is 10.1. The average Bonchev–Trinajstić information content (AvgIpc) is 2.26. The number of benzene rings is 1. The van der Waals surface area contributed by atoms with Crippen LogP contribution in [0.1, 0.15) is 32.8 Å². The molecule has 0 spiro atoms. The van der Waals surface area contributed by atoms with E-state index < -0.39 is 0 Å². The topological polar surface area (TPSA) is 61.4 Å². The molecule has 4 nitrogen and oxygen atoms in total. The minimum Gasteiger partial charge on any atom is -0.508 e. The Bertz CT molecular complexity index is 380. The lowest BCUT2D eigenvalue weighted by Gasteiger charge is -2.20. The maximum Gasteiger partial charge on any atom is 0.221 e. The van der Waals surface area contributed by atoms with Crippen LogP contribution in [0.3, 0.4) is 0 Å². The molecule has 0 bridgehead atoms. The number of nitrogens with one attached hydrogen (secondary N) is 2. The summed E-state index contributed by atoms with van der Waals surface area (Å²) in [5.74, 6) is 0.263. The van der Waals surface area contributed by atoms with Crippen LogP contribution in [-0.4, -0.2) is 23.1 Å². The van der Waals surface area contributed by atoms with Crippen LogP contribution < -0.4 is 10.6 Å². The Morgan fingerprint density at radius 2 is 1.83 bits per heavy atom. The quantitative estimate of drug-likeness (QED) is 0.746. The zero-order chi connectivity index (χ0) is 13.6. The number of hydrogen-bond acceptors (Lipinski definition) is 3. The Labute approximate surface area is 108 Å². The molecule has 3 N–H and O–H groups in total. The van der Waals surface area contributed by atoms with E-state index >= 15 is 0 Å². The van der Waals surface area contributed by atoms with Crippen LogP contribution in [0.5, 0.6) is 5.75 Å². The summed E-state index contributed by atoms with van der Waals surface area (Å²) >= 11 is 0. The minimum absolute atomic E-state index is 0.0276. The molecule has 1 rings (SSSR count). The molecule has 0 aliphatic heterocycles. The summed E-state index contributed by atoms with van der Waals surface area (Å²) in [6.07, 6.45) is 0.468. The first-order chi connectivity index (χ1) is 8.37. The zero-order valence-electron chi connectivity index (χ0n) is 11.3. The van der Waals surface area contributed by atoms with Gasteiger partial charge in [0.1, 0.15) is 5.75 Å². The van der Waals surface area contributed by atoms with Gasteiger partial charge in [-0.1, -0.05) is 12.1 Å². The number of phenolic OH excluding ortho intramolecular Hbond substituents is 1. The van der Waals surface area contributed by atoms with Crippen LogP contribution in [-0.2, 0) is 11.3 Å². The molecule has 0 saturated heterocycles. The van der Waals surface area contributed by atoms with E-state index in [4.69, 9.17) is 5.11 Å². The first-order valence-corrected chi connectivity index (χ1v) is 6.16. The van der Waals surface area contributed by atoms with Gasteiger partial charge in [-0.3, -0.25) is 4.79 Å². The lowest BCUT2D eigenvalue weighted by molar-refractivity contribution is -0.121. The second-order valence-electron chi connectivity index (χ2n) is 5.37. The second kappa shape index (κ2) is 6.40. The summed E-state index contributed by atoms with van der Waals surface area (Å²) < 4.78 is 0. The maximum absolute atomic E-state index is 11.6. The molecular formula is C14H22N2O2. The van der Waals surface area contributed by atoms with Crippen molar-refractivity contribution in [3.05, 3.63) is 29.8 Å². The van der Waals surface area contributed by atoms with E-state index in [9.17, 15) is 4.79 Å². The van der Waals surface area contributed by atoms with Crippen molar-refractivity contribution in [2.24, 2.45) is 0 Å². The Hall–Kier alpha value is -1.55. The summed E-state index contributed by atoms with van der Waals surface area (Å²) in [7, 11) is 0. The SMILES string of the molecule is CC(C)(C)NCCC(=O)NCc1ccc(O)cc1. The van der Waals surface area contributed by atoms with Gasteiger partial charge in [0.2, 0.25) is 5.91 Å². The molecule has 0 fully saturated rings. The summed E-state index contributed by atoms with van der Waals surface area (Å²) in [4.78, 5) is 11.6. The van der Waals surface area contributed by atoms with Gasteiger partial charge in [-0.2, -0.15) is 0 Å². The van der Waals surface area contributed by atoms with Gasteiger partial charge < -0.3 is 15.7 Å². The number of aromatic hydroxyl groups is 1. The monoisotopic (exact) mass is 250 g/mol. The molecule has 0 aliphatic rings. The molecule has 0 atom stereocenters. The fourth-order valence-electron chi connectivity index (χ4n) is 1.45. The van der Waals surface area contributed by atoms with Gasteiger partial charge in [0.15, 0.2) is 0 Å². The fourth-order valence-corrected chi connectivity index (χ4v) is 1.45. The molecule has 1 amide bonds. The predicted octanol–water partition coefficient (Wildman–Crippen LogP) is 1.79. The number of rotatable bonds is 5. The highest BCUT2D eigenvalue weighted by Gasteiger charge is 2.09. The van der Waals surface area contributed by atoms with E-state index in [-0.39, 0.29) is 17.2 Å². The molecule has 0 aliphatic carbocycles. The molecule has 0 saturated carbocycles. The van der Waals surface area contributed by atoms with Crippen molar-refractivity contribution in [2.45, 2.75) is 39.3 Å². The minimum atomic E-state index is 0.0276. The summed E-state index contributed by atoms with van der Waals surface area (Å²) in [5, 5.41) is 15.2. The summed E-state index contributed by atoms with van der Waals surface area (Å²) in [5.41, 5.74) is 1.02. The van der Waals surface area contributed by atoms with Crippen LogP contribution in [0.2, 0.25) is 0 Å². The standard InChI is InChI=1S/C14H22N2O2/c1-14(2,3)16-9-8-13(18)15-10-11-4-6-12(17)7-5-11/h4-7,16-17H,8-10H2,1-3H3,(H,15,18). The van der Waals surface area contributed by atoms with Gasteiger partial charge in [-0.15, -0.1) is 0 Å². The van der Waals surface area contributed by atoms with Gasteiger partial charge in [0.25, 0.3) is 0 Å². The molecule has 18 heavy (non-hydrogen) atoms. The van der Waals surface area contributed by atoms with Crippen molar-refractivity contribution >= 4 is 5.91 Å². The first-order valence-electron chi connectivity index (χ1n) is 6.16. The molecule has 0 aromatic heterocycles. The number of carbonyl (C=O) groups is 1. The molecule has 1 aromatic carbocycles. The Balaban J connectivity index is 2.23. The third kappa shape index (κ3) is 6.25. The molecule has 100 valence electrons. The van der Waals surface area contributed by atoms with Crippen molar-refractivity contribution in [1.82, 2.24) is 10.6 Å². The van der Waals surface area contributed by atoms with E-state index in [2.05, 4.69) is 31.4 Å². The van der Waals surface area contributed by atoms with Crippen molar-refractivity contribution in [3.8, 4) is 5.75 Å². The van der Waals surface area contributed by atoms with E-state index in [1.165, 1.54) is 0 Å². The van der Waals surface area contributed by atoms with Gasteiger partial charge in [0, 0.05) is 25.0 Å². The van der Waals surface area contributed by atoms with Crippen molar-refractivity contribution in [1.29, 1.82) is 0 Å². The van der Waals surface area contributed by atoms with Gasteiger partial charge in [0.05, 0.1) is 0 Å². The zero-order valence-corrected chi connectivity index (χ0v) is 11.3. The van der Waals surface area contributed by atoms with Crippen molar-refractivity contribution < 1.29 is 9.90 Å². The fraction of sp³-hybridized carbons (Fsp3) is 0.500. The smallest absolute Gasteiger partial charge is 0.221 e. The van der Waals surface area contributed by atoms with Crippen LogP contribution in [0.4, 0.5) is 0 Å². The molecule has 0 unspecified atom stereocenters. The highest BCUT2D eigenvalue weighted by atomic mass is 16.3. The highest BCUT2D eigenvalue weighted by molar-refractivity contribution is 5.76. The molecule has 4 heteroatoms. The van der Waals surface area contributed by atoms with Crippen LogP contribution in [0.15, 0.2) is 24.3 Å². The third-order valence-electron chi connectivity index (χ3n) is 2.43. The van der Waals surface area contributed by atoms with E-state index in [0.717, 1.165) is 5.56 Å². The van der Waals surface area contributed by atoms with Crippen LogP contribution in [0, 0.1) is 0 Å². The van der Waals surface area contributed by atoms with Gasteiger partial charge in [-0.05, 0) is 38.5 Å². The largest absolute Gasteiger partial charge is 0.508 e. The third-order valence-corrected chi connectivity index (χ3v) is 2.43. The maximum atomic E-state index is 11.6. The molecule has 0 heterocycles. The first kappa shape index (κ1) is 14.5. The molecule has 0 radical (unpaired) electrons. The Kier molecular flexibility index (Phi) is 5.16. The Morgan fingerprint density at radius 1 is 1.22 bits per heavy atom. The number of carbonyl (C=O) groups excluding carboxylic acids is 1. The van der Waals surface area contributed by atoms with Crippen molar-refractivity contribution in [3.63, 3.8) is 0 Å². The highest BCUT2D eigenvalue weighted by Crippen LogP contribution is 2.09. The van der Waals surface area contributed by atoms with Gasteiger partial charge in [-0.25, -0.2) is 0 Å². The van der Waals surface area contributed by atoms with E-state index in [0.29, 0.717) is 19.5 Å². The van der Waals surface area contributed by atoms with Crippen LogP contribution in [0.25, 0.3) is 0 Å². The van der Waals surface area contributed by atoms with Crippen molar-refractivity contribution in [2.75, 3.05) is 6.54 Å². The van der Waals surface area contributed by atoms with Gasteiger partial charge >= 0.3 is 0 Å². The lowest BCUT2D eigenvalue weighted by Crippen LogP contribution is -2.38. The Morgan fingerprint density at radius 3 is 2.39 bits per heavy atom. The second-order valence-corrected chi connectivity index (χ2v) is 5.37. The van der Waals surface area contributed by atoms with E-state index in [1.54, 1.807) is 24.3 Å². The molecule has 1 aromatic rings. The number of phenols is 1. The number of amides is 1. The number of hydrogen-bond donors (Lipinski definition) is 3. The van der Waals surface area contributed by atoms with Crippen LogP contribution >= 0.6 is 0 Å². The summed E-state index contributed by atoms with van der Waals surface area (Å²) in [6, 6.07) is 6.82.